The van der Waals surface area contributed by atoms with Crippen LogP contribution < -0.4 is 37.3 Å². The number of nitrogens with two attached hydrogens (primary N) is 1. The van der Waals surface area contributed by atoms with E-state index in [0.29, 0.717) is 11.5 Å². The van der Waals surface area contributed by atoms with Gasteiger partial charge in [0.2, 0.25) is 0 Å². The first-order chi connectivity index (χ1) is 15.0. The second-order valence-corrected chi connectivity index (χ2v) is 9.75. The monoisotopic (exact) mass is 494 g/mol. The highest BCUT2D eigenvalue weighted by molar-refractivity contribution is 9.11. The Kier molecular flexibility index (Phi) is 9.47. The van der Waals surface area contributed by atoms with Crippen LogP contribution in [0.2, 0.25) is 0 Å². The molecular weight excluding hydrogens is 456 g/mol. The van der Waals surface area contributed by atoms with Crippen molar-refractivity contribution in [3.63, 3.8) is 0 Å². The van der Waals surface area contributed by atoms with Gasteiger partial charge in [-0.05, 0) is 91.0 Å². The van der Waals surface area contributed by atoms with Crippen molar-refractivity contribution in [1.82, 2.24) is 26.8 Å². The number of halogens is 1. The number of hydrazine groups is 1. The molecule has 0 amide bonds. The quantitative estimate of drug-likeness (QED) is 0.178. The Morgan fingerprint density at radius 1 is 1.26 bits per heavy atom. The Morgan fingerprint density at radius 3 is 2.71 bits per heavy atom. The first-order valence-electron chi connectivity index (χ1n) is 11.5. The zero-order chi connectivity index (χ0) is 22.1. The highest BCUT2D eigenvalue weighted by Crippen LogP contribution is 2.46. The van der Waals surface area contributed by atoms with E-state index in [2.05, 4.69) is 54.9 Å². The summed E-state index contributed by atoms with van der Waals surface area (Å²) in [7, 11) is 1.71. The lowest BCUT2D eigenvalue weighted by Gasteiger charge is -2.39. The molecule has 4 unspecified atom stereocenters. The van der Waals surface area contributed by atoms with Gasteiger partial charge in [0.15, 0.2) is 0 Å². The normalized spacial score (nSPS) is 28.1. The third-order valence-corrected chi connectivity index (χ3v) is 7.08. The summed E-state index contributed by atoms with van der Waals surface area (Å²) in [6.07, 6.45) is 10.8. The maximum absolute atomic E-state index is 5.73. The number of hydrogen-bond donors (Lipinski definition) is 6. The highest BCUT2D eigenvalue weighted by atomic mass is 79.9. The molecule has 1 heterocycles. The van der Waals surface area contributed by atoms with E-state index in [0.717, 1.165) is 29.9 Å². The van der Waals surface area contributed by atoms with Crippen LogP contribution in [0, 0.1) is 5.41 Å². The SMILES string of the molecule is COc1ccc(CNC2CCCC23CCCC(NN/C=C(/Br)NC(C)N)NCC3)cc1. The average Bonchev–Trinajstić information content (AvgIpc) is 3.13. The van der Waals surface area contributed by atoms with Crippen LogP contribution in [0.3, 0.4) is 0 Å². The molecule has 1 aliphatic heterocycles. The molecule has 8 heteroatoms. The van der Waals surface area contributed by atoms with Gasteiger partial charge in [-0.2, -0.15) is 0 Å². The molecule has 0 radical (unpaired) electrons. The molecule has 3 rings (SSSR count). The van der Waals surface area contributed by atoms with Crippen LogP contribution in [-0.4, -0.2) is 32.0 Å². The number of rotatable bonds is 9. The summed E-state index contributed by atoms with van der Waals surface area (Å²) < 4.78 is 6.10. The molecule has 2 aliphatic rings. The number of hydrogen-bond acceptors (Lipinski definition) is 7. The fourth-order valence-electron chi connectivity index (χ4n) is 5.01. The molecule has 0 aromatic heterocycles. The van der Waals surface area contributed by atoms with Crippen molar-refractivity contribution < 1.29 is 4.74 Å². The van der Waals surface area contributed by atoms with E-state index in [1.54, 1.807) is 7.11 Å². The Hall–Kier alpha value is -1.32. The minimum atomic E-state index is -0.0965. The molecule has 1 saturated carbocycles. The summed E-state index contributed by atoms with van der Waals surface area (Å²) in [5, 5.41) is 10.7. The van der Waals surface area contributed by atoms with Gasteiger partial charge in [-0.1, -0.05) is 18.6 Å². The van der Waals surface area contributed by atoms with Crippen LogP contribution in [0.5, 0.6) is 5.75 Å². The van der Waals surface area contributed by atoms with Crippen LogP contribution in [0.1, 0.15) is 57.4 Å². The largest absolute Gasteiger partial charge is 0.497 e. The summed E-state index contributed by atoms with van der Waals surface area (Å²) in [5.74, 6) is 0.915. The summed E-state index contributed by atoms with van der Waals surface area (Å²) >= 11 is 3.45. The first kappa shape index (κ1) is 24.3. The molecule has 7 nitrogen and oxygen atoms in total. The minimum absolute atomic E-state index is 0.0965. The topological polar surface area (TPSA) is 95.4 Å². The zero-order valence-electron chi connectivity index (χ0n) is 18.8. The maximum atomic E-state index is 5.73. The molecule has 4 atom stereocenters. The van der Waals surface area contributed by atoms with Crippen molar-refractivity contribution in [2.45, 2.75) is 76.8 Å². The molecule has 174 valence electrons. The number of nitrogens with one attached hydrogen (secondary N) is 5. The number of benzene rings is 1. The van der Waals surface area contributed by atoms with Gasteiger partial charge in [0.05, 0.1) is 24.0 Å². The van der Waals surface area contributed by atoms with E-state index in [-0.39, 0.29) is 12.3 Å². The van der Waals surface area contributed by atoms with E-state index < -0.39 is 0 Å². The zero-order valence-corrected chi connectivity index (χ0v) is 20.4. The second-order valence-electron chi connectivity index (χ2n) is 8.90. The van der Waals surface area contributed by atoms with Gasteiger partial charge >= 0.3 is 0 Å². The third-order valence-electron chi connectivity index (χ3n) is 6.62. The number of methoxy groups -OCH3 is 1. The molecule has 31 heavy (non-hydrogen) atoms. The predicted molar refractivity (Wildman–Crippen MR) is 130 cm³/mol. The van der Waals surface area contributed by atoms with Crippen molar-refractivity contribution in [2.24, 2.45) is 11.1 Å². The van der Waals surface area contributed by atoms with Gasteiger partial charge in [-0.15, -0.1) is 0 Å². The molecule has 1 aromatic carbocycles. The Morgan fingerprint density at radius 2 is 2.00 bits per heavy atom. The lowest BCUT2D eigenvalue weighted by atomic mass is 9.74. The van der Waals surface area contributed by atoms with Crippen molar-refractivity contribution in [1.29, 1.82) is 0 Å². The van der Waals surface area contributed by atoms with Crippen LogP contribution in [0.4, 0.5) is 0 Å². The molecule has 1 aliphatic carbocycles. The van der Waals surface area contributed by atoms with E-state index in [9.17, 15) is 0 Å². The summed E-state index contributed by atoms with van der Waals surface area (Å²) in [5.41, 5.74) is 14.0. The summed E-state index contributed by atoms with van der Waals surface area (Å²) in [6, 6.07) is 9.01. The smallest absolute Gasteiger partial charge is 0.118 e. The summed E-state index contributed by atoms with van der Waals surface area (Å²) in [6.45, 7) is 3.86. The summed E-state index contributed by atoms with van der Waals surface area (Å²) in [4.78, 5) is 0. The molecule has 1 saturated heterocycles. The fourth-order valence-corrected chi connectivity index (χ4v) is 5.48. The van der Waals surface area contributed by atoms with Crippen molar-refractivity contribution >= 4 is 15.9 Å². The van der Waals surface area contributed by atoms with Gasteiger partial charge in [-0.3, -0.25) is 0 Å². The molecule has 1 spiro atoms. The van der Waals surface area contributed by atoms with Crippen LogP contribution in [0.25, 0.3) is 0 Å². The Labute approximate surface area is 195 Å². The van der Waals surface area contributed by atoms with Crippen LogP contribution in [0.15, 0.2) is 35.1 Å². The van der Waals surface area contributed by atoms with Gasteiger partial charge in [-0.25, -0.2) is 5.43 Å². The lowest BCUT2D eigenvalue weighted by molar-refractivity contribution is 0.155. The van der Waals surface area contributed by atoms with E-state index in [1.807, 2.05) is 25.3 Å². The fraction of sp³-hybridized carbons (Fsp3) is 0.652. The maximum Gasteiger partial charge on any atom is 0.118 e. The van der Waals surface area contributed by atoms with Gasteiger partial charge in [0.1, 0.15) is 5.75 Å². The third kappa shape index (κ3) is 7.36. The van der Waals surface area contributed by atoms with E-state index in [1.165, 1.54) is 44.1 Å². The Balaban J connectivity index is 1.46. The van der Waals surface area contributed by atoms with E-state index >= 15 is 0 Å². The molecule has 2 fully saturated rings. The first-order valence-corrected chi connectivity index (χ1v) is 12.3. The van der Waals surface area contributed by atoms with Gasteiger partial charge < -0.3 is 31.8 Å². The van der Waals surface area contributed by atoms with Crippen molar-refractivity contribution in [3.05, 3.63) is 40.6 Å². The van der Waals surface area contributed by atoms with Crippen LogP contribution >= 0.6 is 15.9 Å². The lowest BCUT2D eigenvalue weighted by Crippen LogP contribution is -2.51. The second kappa shape index (κ2) is 12.1. The average molecular weight is 496 g/mol. The highest BCUT2D eigenvalue weighted by Gasteiger charge is 2.42. The van der Waals surface area contributed by atoms with Crippen LogP contribution in [-0.2, 0) is 6.54 Å². The van der Waals surface area contributed by atoms with Gasteiger partial charge in [0, 0.05) is 18.8 Å². The van der Waals surface area contributed by atoms with Crippen molar-refractivity contribution in [2.75, 3.05) is 13.7 Å². The van der Waals surface area contributed by atoms with E-state index in [4.69, 9.17) is 10.5 Å². The molecule has 1 aromatic rings. The molecular formula is C23H39BrN6O. The standard InChI is InChI=1S/C23H39BrN6O/c1-17(25)29-21(24)16-28-30-22-6-4-12-23(13-14-26-22)11-3-5-20(23)27-15-18-7-9-19(31-2)10-8-18/h7-10,16-17,20,22,26-30H,3-6,11-15,25H2,1-2H3/b21-16-. The minimum Gasteiger partial charge on any atom is -0.497 e. The number of ether oxygens (including phenoxy) is 1. The molecule has 7 N–H and O–H groups in total. The Bertz CT molecular complexity index is 686. The molecule has 0 bridgehead atoms. The van der Waals surface area contributed by atoms with Gasteiger partial charge in [0.25, 0.3) is 0 Å². The predicted octanol–water partition coefficient (Wildman–Crippen LogP) is 3.00. The van der Waals surface area contributed by atoms with Crippen molar-refractivity contribution in [3.8, 4) is 5.75 Å².